The number of hydrogen-bond donors (Lipinski definition) is 1. The van der Waals surface area contributed by atoms with E-state index in [0.29, 0.717) is 18.1 Å². The Balaban J connectivity index is 1.94. The van der Waals surface area contributed by atoms with E-state index in [1.165, 1.54) is 0 Å². The summed E-state index contributed by atoms with van der Waals surface area (Å²) in [6.45, 7) is 0.677. The molecule has 88 valence electrons. The van der Waals surface area contributed by atoms with Gasteiger partial charge in [0.25, 0.3) is 0 Å². The van der Waals surface area contributed by atoms with Gasteiger partial charge < -0.3 is 14.2 Å². The highest BCUT2D eigenvalue weighted by molar-refractivity contribution is 5.40. The minimum absolute atomic E-state index is 0.625. The lowest BCUT2D eigenvalue weighted by atomic mass is 10.1. The molecule has 4 nitrogen and oxygen atoms in total. The summed E-state index contributed by atoms with van der Waals surface area (Å²) in [5.74, 6) is 0.625. The second kappa shape index (κ2) is 4.22. The number of rotatable bonds is 2. The zero-order valence-corrected chi connectivity index (χ0v) is 9.41. The number of imidazole rings is 1. The molecule has 0 spiro atoms. The summed E-state index contributed by atoms with van der Waals surface area (Å²) < 4.78 is 7.34. The molecule has 0 radical (unpaired) electrons. The standard InChI is InChI=1S/C13H14N2O2/c16-13(11-5-2-4-8-17-11)10-9-15-7-3-1-6-12(15)14-10/h1,3,5-7,9,13,16H,2,4,8H2. The average molecular weight is 230 g/mol. The van der Waals surface area contributed by atoms with Gasteiger partial charge in [-0.05, 0) is 31.1 Å². The third kappa shape index (κ3) is 1.91. The molecular weight excluding hydrogens is 216 g/mol. The second-order valence-electron chi connectivity index (χ2n) is 4.13. The highest BCUT2D eigenvalue weighted by Gasteiger charge is 2.19. The molecule has 4 heteroatoms. The third-order valence-corrected chi connectivity index (χ3v) is 2.89. The number of allylic oxidation sites excluding steroid dienone is 1. The first-order chi connectivity index (χ1) is 8.34. The molecule has 2 aromatic heterocycles. The predicted octanol–water partition coefficient (Wildman–Crippen LogP) is 2.06. The van der Waals surface area contributed by atoms with Gasteiger partial charge in [-0.2, -0.15) is 0 Å². The van der Waals surface area contributed by atoms with Crippen LogP contribution in [-0.2, 0) is 4.74 Å². The summed E-state index contributed by atoms with van der Waals surface area (Å²) in [6.07, 6.45) is 6.91. The minimum Gasteiger partial charge on any atom is -0.495 e. The summed E-state index contributed by atoms with van der Waals surface area (Å²) in [5, 5.41) is 10.2. The van der Waals surface area contributed by atoms with Crippen LogP contribution in [0.25, 0.3) is 5.65 Å². The Morgan fingerprint density at radius 3 is 3.12 bits per heavy atom. The van der Waals surface area contributed by atoms with Crippen molar-refractivity contribution in [2.24, 2.45) is 0 Å². The van der Waals surface area contributed by atoms with Crippen molar-refractivity contribution < 1.29 is 9.84 Å². The summed E-state index contributed by atoms with van der Waals surface area (Å²) >= 11 is 0. The summed E-state index contributed by atoms with van der Waals surface area (Å²) in [5.41, 5.74) is 1.46. The van der Waals surface area contributed by atoms with E-state index in [1.807, 2.05) is 41.1 Å². The van der Waals surface area contributed by atoms with Gasteiger partial charge in [0.15, 0.2) is 6.10 Å². The average Bonchev–Trinajstić information content (AvgIpc) is 2.82. The second-order valence-corrected chi connectivity index (χ2v) is 4.13. The van der Waals surface area contributed by atoms with E-state index in [9.17, 15) is 5.11 Å². The van der Waals surface area contributed by atoms with Gasteiger partial charge in [0.1, 0.15) is 11.4 Å². The Morgan fingerprint density at radius 1 is 1.41 bits per heavy atom. The molecule has 3 rings (SSSR count). The lowest BCUT2D eigenvalue weighted by Crippen LogP contribution is -2.10. The van der Waals surface area contributed by atoms with Crippen LogP contribution >= 0.6 is 0 Å². The Morgan fingerprint density at radius 2 is 2.35 bits per heavy atom. The van der Waals surface area contributed by atoms with Crippen LogP contribution in [0.1, 0.15) is 24.6 Å². The van der Waals surface area contributed by atoms with Crippen molar-refractivity contribution in [2.75, 3.05) is 6.61 Å². The molecule has 1 aliphatic heterocycles. The molecule has 1 aliphatic rings. The lowest BCUT2D eigenvalue weighted by Gasteiger charge is -2.18. The molecule has 0 fully saturated rings. The third-order valence-electron chi connectivity index (χ3n) is 2.89. The molecular formula is C13H14N2O2. The van der Waals surface area contributed by atoms with E-state index in [1.54, 1.807) is 0 Å². The number of aliphatic hydroxyl groups is 1. The summed E-state index contributed by atoms with van der Waals surface area (Å²) in [7, 11) is 0. The maximum atomic E-state index is 10.2. The van der Waals surface area contributed by atoms with Crippen molar-refractivity contribution in [3.63, 3.8) is 0 Å². The topological polar surface area (TPSA) is 46.8 Å². The van der Waals surface area contributed by atoms with Gasteiger partial charge in [-0.3, -0.25) is 0 Å². The van der Waals surface area contributed by atoms with Crippen molar-refractivity contribution in [2.45, 2.75) is 18.9 Å². The van der Waals surface area contributed by atoms with Crippen molar-refractivity contribution >= 4 is 5.65 Å². The maximum absolute atomic E-state index is 10.2. The van der Waals surface area contributed by atoms with Crippen LogP contribution in [-0.4, -0.2) is 21.1 Å². The molecule has 0 amide bonds. The van der Waals surface area contributed by atoms with Crippen LogP contribution < -0.4 is 0 Å². The SMILES string of the molecule is OC(C1=CCCCO1)c1cn2ccccc2n1. The smallest absolute Gasteiger partial charge is 0.154 e. The van der Waals surface area contributed by atoms with Crippen LogP contribution in [0.3, 0.4) is 0 Å². The fourth-order valence-corrected chi connectivity index (χ4v) is 2.00. The summed E-state index contributed by atoms with van der Waals surface area (Å²) in [4.78, 5) is 4.38. The highest BCUT2D eigenvalue weighted by atomic mass is 16.5. The normalized spacial score (nSPS) is 17.6. The quantitative estimate of drug-likeness (QED) is 0.859. The number of hydrogen-bond acceptors (Lipinski definition) is 3. The minimum atomic E-state index is -0.754. The van der Waals surface area contributed by atoms with Gasteiger partial charge in [0, 0.05) is 12.4 Å². The molecule has 3 heterocycles. The molecule has 0 aliphatic carbocycles. The Kier molecular flexibility index (Phi) is 2.57. The molecule has 0 bridgehead atoms. The maximum Gasteiger partial charge on any atom is 0.154 e. The van der Waals surface area contributed by atoms with Gasteiger partial charge in [0.2, 0.25) is 0 Å². The molecule has 17 heavy (non-hydrogen) atoms. The first-order valence-electron chi connectivity index (χ1n) is 5.79. The van der Waals surface area contributed by atoms with Gasteiger partial charge in [-0.25, -0.2) is 4.98 Å². The zero-order chi connectivity index (χ0) is 11.7. The lowest BCUT2D eigenvalue weighted by molar-refractivity contribution is 0.0897. The Labute approximate surface area is 99.2 Å². The number of aliphatic hydroxyl groups excluding tert-OH is 1. The fraction of sp³-hybridized carbons (Fsp3) is 0.308. The van der Waals surface area contributed by atoms with Gasteiger partial charge in [-0.15, -0.1) is 0 Å². The first-order valence-corrected chi connectivity index (χ1v) is 5.79. The highest BCUT2D eigenvalue weighted by Crippen LogP contribution is 2.25. The van der Waals surface area contributed by atoms with E-state index in [0.717, 1.165) is 18.5 Å². The van der Waals surface area contributed by atoms with Gasteiger partial charge in [-0.1, -0.05) is 6.07 Å². The molecule has 0 aromatic carbocycles. The van der Waals surface area contributed by atoms with Crippen LogP contribution in [0.5, 0.6) is 0 Å². The first kappa shape index (κ1) is 10.4. The van der Waals surface area contributed by atoms with E-state index >= 15 is 0 Å². The molecule has 1 atom stereocenters. The van der Waals surface area contributed by atoms with Crippen LogP contribution in [0.15, 0.2) is 42.4 Å². The van der Waals surface area contributed by atoms with E-state index < -0.39 is 6.10 Å². The monoisotopic (exact) mass is 230 g/mol. The van der Waals surface area contributed by atoms with Crippen LogP contribution in [0.2, 0.25) is 0 Å². The molecule has 0 saturated carbocycles. The molecule has 1 unspecified atom stereocenters. The largest absolute Gasteiger partial charge is 0.495 e. The number of fused-ring (bicyclic) bond motifs is 1. The predicted molar refractivity (Wildman–Crippen MR) is 63.4 cm³/mol. The summed E-state index contributed by atoms with van der Waals surface area (Å²) in [6, 6.07) is 5.77. The molecule has 2 aromatic rings. The van der Waals surface area contributed by atoms with E-state index in [-0.39, 0.29) is 0 Å². The zero-order valence-electron chi connectivity index (χ0n) is 9.41. The van der Waals surface area contributed by atoms with E-state index in [2.05, 4.69) is 4.98 Å². The number of nitrogens with zero attached hydrogens (tertiary/aromatic N) is 2. The number of pyridine rings is 1. The van der Waals surface area contributed by atoms with Crippen molar-refractivity contribution in [3.05, 3.63) is 48.1 Å². The molecule has 1 N–H and O–H groups in total. The van der Waals surface area contributed by atoms with Gasteiger partial charge >= 0.3 is 0 Å². The Hall–Kier alpha value is -1.81. The van der Waals surface area contributed by atoms with Crippen LogP contribution in [0, 0.1) is 0 Å². The van der Waals surface area contributed by atoms with Gasteiger partial charge in [0.05, 0.1) is 12.3 Å². The van der Waals surface area contributed by atoms with Crippen molar-refractivity contribution in [3.8, 4) is 0 Å². The van der Waals surface area contributed by atoms with Crippen molar-refractivity contribution in [1.82, 2.24) is 9.38 Å². The molecule has 0 saturated heterocycles. The van der Waals surface area contributed by atoms with Crippen molar-refractivity contribution in [1.29, 1.82) is 0 Å². The fourth-order valence-electron chi connectivity index (χ4n) is 2.00. The number of aromatic nitrogens is 2. The van der Waals surface area contributed by atoms with Crippen LogP contribution in [0.4, 0.5) is 0 Å². The Bertz CT molecular complexity index is 526. The van der Waals surface area contributed by atoms with E-state index in [4.69, 9.17) is 4.74 Å². The number of ether oxygens (including phenoxy) is 1.